The Labute approximate surface area is 203 Å². The number of ether oxygens (including phenoxy) is 2. The maximum Gasteiger partial charge on any atom is 0.319 e. The highest BCUT2D eigenvalue weighted by Crippen LogP contribution is 2.40. The first-order valence-corrected chi connectivity index (χ1v) is 11.0. The van der Waals surface area contributed by atoms with E-state index in [1.165, 1.54) is 6.33 Å². The van der Waals surface area contributed by atoms with Crippen molar-refractivity contribution < 1.29 is 14.3 Å². The molecule has 8 nitrogen and oxygen atoms in total. The third-order valence-electron chi connectivity index (χ3n) is 6.00. The van der Waals surface area contributed by atoms with Crippen LogP contribution >= 0.6 is 12.4 Å². The van der Waals surface area contributed by atoms with Crippen LogP contribution in [0.3, 0.4) is 0 Å². The van der Waals surface area contributed by atoms with E-state index in [9.17, 15) is 4.79 Å². The molecule has 1 saturated carbocycles. The van der Waals surface area contributed by atoms with Crippen LogP contribution in [0, 0.1) is 0 Å². The summed E-state index contributed by atoms with van der Waals surface area (Å²) in [6.07, 6.45) is 5.79. The van der Waals surface area contributed by atoms with E-state index in [-0.39, 0.29) is 37.1 Å². The van der Waals surface area contributed by atoms with E-state index in [4.69, 9.17) is 20.9 Å². The summed E-state index contributed by atoms with van der Waals surface area (Å²) in [4.78, 5) is 20.3. The van der Waals surface area contributed by atoms with Crippen LogP contribution < -0.4 is 16.2 Å². The van der Waals surface area contributed by atoms with Gasteiger partial charge < -0.3 is 25.5 Å². The number of benzene rings is 2. The predicted octanol–water partition coefficient (Wildman–Crippen LogP) is 4.49. The van der Waals surface area contributed by atoms with Gasteiger partial charge in [-0.25, -0.2) is 9.97 Å². The van der Waals surface area contributed by atoms with Crippen molar-refractivity contribution in [2.75, 3.05) is 12.3 Å². The lowest BCUT2D eigenvalue weighted by molar-refractivity contribution is -0.147. The van der Waals surface area contributed by atoms with Crippen molar-refractivity contribution in [2.45, 2.75) is 31.4 Å². The molecule has 0 saturated heterocycles. The summed E-state index contributed by atoms with van der Waals surface area (Å²) in [5.41, 5.74) is 14.4. The predicted molar refractivity (Wildman–Crippen MR) is 133 cm³/mol. The third-order valence-corrected chi connectivity index (χ3v) is 6.00. The number of halogens is 1. The quantitative estimate of drug-likeness (QED) is 0.391. The second-order valence-corrected chi connectivity index (χ2v) is 8.13. The van der Waals surface area contributed by atoms with Crippen LogP contribution in [-0.4, -0.2) is 33.2 Å². The maximum absolute atomic E-state index is 11.6. The zero-order chi connectivity index (χ0) is 22.8. The number of anilines is 1. The molecule has 0 spiro atoms. The van der Waals surface area contributed by atoms with Gasteiger partial charge in [0.1, 0.15) is 35.4 Å². The molecule has 34 heavy (non-hydrogen) atoms. The molecule has 4 aromatic rings. The van der Waals surface area contributed by atoms with Crippen molar-refractivity contribution >= 4 is 35.2 Å². The number of hydrogen-bond acceptors (Lipinski definition) is 7. The second-order valence-electron chi connectivity index (χ2n) is 8.13. The van der Waals surface area contributed by atoms with Crippen molar-refractivity contribution in [3.8, 4) is 22.6 Å². The molecule has 2 unspecified atom stereocenters. The fourth-order valence-electron chi connectivity index (χ4n) is 4.44. The Balaban J connectivity index is 0.00000274. The molecule has 0 bridgehead atoms. The fraction of sp³-hybridized carbons (Fsp3) is 0.240. The van der Waals surface area contributed by atoms with Crippen LogP contribution in [0.4, 0.5) is 5.82 Å². The van der Waals surface area contributed by atoms with E-state index in [2.05, 4.69) is 20.7 Å². The van der Waals surface area contributed by atoms with Crippen LogP contribution in [0.1, 0.15) is 25.3 Å². The highest BCUT2D eigenvalue weighted by atomic mass is 35.5. The topological polar surface area (TPSA) is 118 Å². The van der Waals surface area contributed by atoms with Gasteiger partial charge in [0.15, 0.2) is 0 Å². The molecule has 4 N–H and O–H groups in total. The summed E-state index contributed by atoms with van der Waals surface area (Å²) in [6, 6.07) is 17.7. The molecule has 9 heteroatoms. The number of nitrogens with two attached hydrogens (primary N) is 2. The van der Waals surface area contributed by atoms with Crippen molar-refractivity contribution in [3.63, 3.8) is 0 Å². The van der Waals surface area contributed by atoms with Gasteiger partial charge in [0.05, 0.1) is 11.9 Å². The van der Waals surface area contributed by atoms with Crippen molar-refractivity contribution in [1.29, 1.82) is 0 Å². The zero-order valence-corrected chi connectivity index (χ0v) is 19.3. The van der Waals surface area contributed by atoms with Crippen molar-refractivity contribution in [3.05, 3.63) is 67.1 Å². The Kier molecular flexibility index (Phi) is 7.00. The van der Waals surface area contributed by atoms with Gasteiger partial charge >= 0.3 is 5.97 Å². The normalized spacial score (nSPS) is 17.3. The summed E-state index contributed by atoms with van der Waals surface area (Å²) in [6.45, 7) is -0.106. The second kappa shape index (κ2) is 10.1. The first-order chi connectivity index (χ1) is 16.1. The number of hydrogen-bond donors (Lipinski definition) is 2. The SMILES string of the molecule is Cl.NCC(=O)OC1CCC(n2cc(-c3ccc(Oc4ccccc4)cc3)c3c(N)ncnc32)C1. The lowest BCUT2D eigenvalue weighted by Crippen LogP contribution is -2.22. The minimum Gasteiger partial charge on any atom is -0.461 e. The summed E-state index contributed by atoms with van der Waals surface area (Å²) >= 11 is 0. The van der Waals surface area contributed by atoms with E-state index < -0.39 is 0 Å². The van der Waals surface area contributed by atoms with Crippen molar-refractivity contribution in [1.82, 2.24) is 14.5 Å². The number of nitrogens with zero attached hydrogens (tertiary/aromatic N) is 3. The summed E-state index contributed by atoms with van der Waals surface area (Å²) in [5.74, 6) is 1.59. The Morgan fingerprint density at radius 3 is 2.50 bits per heavy atom. The Bertz CT molecular complexity index is 1280. The van der Waals surface area contributed by atoms with Gasteiger partial charge in [-0.15, -0.1) is 12.4 Å². The minimum atomic E-state index is -0.372. The molecule has 2 aromatic heterocycles. The third kappa shape index (κ3) is 4.69. The number of esters is 1. The standard InChI is InChI=1S/C25H25N5O3.ClH/c26-13-22(31)33-20-11-8-17(12-20)30-14-21(23-24(27)28-15-29-25(23)30)16-6-9-19(10-7-16)32-18-4-2-1-3-5-18;/h1-7,9-10,14-15,17,20H,8,11-13,26H2,(H2,27,28,29);1H. The molecule has 176 valence electrons. The van der Waals surface area contributed by atoms with E-state index in [0.29, 0.717) is 12.2 Å². The first kappa shape index (κ1) is 23.5. The Morgan fingerprint density at radius 1 is 1.03 bits per heavy atom. The van der Waals surface area contributed by atoms with E-state index in [1.54, 1.807) is 0 Å². The monoisotopic (exact) mass is 479 g/mol. The summed E-state index contributed by atoms with van der Waals surface area (Å²) in [7, 11) is 0. The number of nitrogen functional groups attached to an aromatic ring is 1. The summed E-state index contributed by atoms with van der Waals surface area (Å²) < 4.78 is 13.5. The highest BCUT2D eigenvalue weighted by Gasteiger charge is 2.30. The van der Waals surface area contributed by atoms with Crippen LogP contribution in [0.25, 0.3) is 22.2 Å². The van der Waals surface area contributed by atoms with Gasteiger partial charge in [-0.3, -0.25) is 4.79 Å². The molecule has 0 amide bonds. The molecule has 5 rings (SSSR count). The zero-order valence-electron chi connectivity index (χ0n) is 18.5. The molecular weight excluding hydrogens is 454 g/mol. The van der Waals surface area contributed by atoms with Crippen LogP contribution in [0.15, 0.2) is 67.1 Å². The van der Waals surface area contributed by atoms with E-state index in [1.807, 2.05) is 54.6 Å². The Hall–Kier alpha value is -3.62. The number of carbonyl (C=O) groups excluding carboxylic acids is 1. The van der Waals surface area contributed by atoms with Crippen LogP contribution in [-0.2, 0) is 9.53 Å². The van der Waals surface area contributed by atoms with Gasteiger partial charge in [-0.2, -0.15) is 0 Å². The maximum atomic E-state index is 11.6. The molecule has 2 atom stereocenters. The van der Waals surface area contributed by atoms with Gasteiger partial charge in [0.25, 0.3) is 0 Å². The van der Waals surface area contributed by atoms with E-state index in [0.717, 1.165) is 46.5 Å². The van der Waals surface area contributed by atoms with Gasteiger partial charge in [-0.05, 0) is 42.7 Å². The molecule has 2 aromatic carbocycles. The number of carbonyl (C=O) groups is 1. The smallest absolute Gasteiger partial charge is 0.319 e. The molecular formula is C25H26ClN5O3. The number of para-hydroxylation sites is 1. The number of rotatable bonds is 6. The molecule has 0 aliphatic heterocycles. The van der Waals surface area contributed by atoms with E-state index >= 15 is 0 Å². The average molecular weight is 480 g/mol. The van der Waals surface area contributed by atoms with Gasteiger partial charge in [0, 0.05) is 24.2 Å². The summed E-state index contributed by atoms with van der Waals surface area (Å²) in [5, 5.41) is 0.816. The average Bonchev–Trinajstić information content (AvgIpc) is 3.45. The lowest BCUT2D eigenvalue weighted by Gasteiger charge is -2.14. The van der Waals surface area contributed by atoms with Crippen molar-refractivity contribution in [2.24, 2.45) is 5.73 Å². The van der Waals surface area contributed by atoms with Crippen LogP contribution in [0.2, 0.25) is 0 Å². The lowest BCUT2D eigenvalue weighted by atomic mass is 10.1. The van der Waals surface area contributed by atoms with Gasteiger partial charge in [-0.1, -0.05) is 30.3 Å². The number of fused-ring (bicyclic) bond motifs is 1. The molecule has 1 aliphatic rings. The molecule has 1 fully saturated rings. The van der Waals surface area contributed by atoms with Gasteiger partial charge in [0.2, 0.25) is 0 Å². The minimum absolute atomic E-state index is 0. The Morgan fingerprint density at radius 2 is 1.76 bits per heavy atom. The molecule has 1 aliphatic carbocycles. The fourth-order valence-corrected chi connectivity index (χ4v) is 4.44. The highest BCUT2D eigenvalue weighted by molar-refractivity contribution is 6.00. The first-order valence-electron chi connectivity index (χ1n) is 11.0. The molecule has 0 radical (unpaired) electrons. The molecule has 2 heterocycles. The van der Waals surface area contributed by atoms with Crippen LogP contribution in [0.5, 0.6) is 11.5 Å². The largest absolute Gasteiger partial charge is 0.461 e. The number of aromatic nitrogens is 3.